The molecular formula is C15H24N2O. The van der Waals surface area contributed by atoms with Crippen LogP contribution < -0.4 is 0 Å². The molecule has 2 unspecified atom stereocenters. The lowest BCUT2D eigenvalue weighted by Crippen LogP contribution is -2.51. The Kier molecular flexibility index (Phi) is 4.25. The average molecular weight is 248 g/mol. The van der Waals surface area contributed by atoms with Crippen LogP contribution in [0.5, 0.6) is 5.75 Å². The predicted molar refractivity (Wildman–Crippen MR) is 74.8 cm³/mol. The Morgan fingerprint density at radius 2 is 1.94 bits per heavy atom. The number of rotatable bonds is 3. The molecule has 1 aliphatic heterocycles. The minimum Gasteiger partial charge on any atom is -0.508 e. The number of phenols is 1. The molecule has 3 heteroatoms. The van der Waals surface area contributed by atoms with Gasteiger partial charge in [0.15, 0.2) is 0 Å². The third-order valence-corrected chi connectivity index (χ3v) is 4.20. The normalized spacial score (nSPS) is 24.1. The van der Waals surface area contributed by atoms with Gasteiger partial charge in [-0.1, -0.05) is 19.1 Å². The van der Waals surface area contributed by atoms with Crippen LogP contribution in [-0.4, -0.2) is 47.6 Å². The van der Waals surface area contributed by atoms with E-state index in [4.69, 9.17) is 0 Å². The van der Waals surface area contributed by atoms with Crippen molar-refractivity contribution in [3.05, 3.63) is 29.8 Å². The Hall–Kier alpha value is -1.06. The van der Waals surface area contributed by atoms with E-state index in [2.05, 4.69) is 30.7 Å². The summed E-state index contributed by atoms with van der Waals surface area (Å²) < 4.78 is 0. The smallest absolute Gasteiger partial charge is 0.115 e. The van der Waals surface area contributed by atoms with Crippen molar-refractivity contribution in [1.82, 2.24) is 9.80 Å². The van der Waals surface area contributed by atoms with Crippen molar-refractivity contribution in [1.29, 1.82) is 0 Å². The Bertz CT molecular complexity index is 377. The predicted octanol–water partition coefficient (Wildman–Crippen LogP) is 2.48. The van der Waals surface area contributed by atoms with E-state index in [1.807, 2.05) is 12.1 Å². The van der Waals surface area contributed by atoms with E-state index >= 15 is 0 Å². The molecule has 0 bridgehead atoms. The molecule has 0 radical (unpaired) electrons. The minimum absolute atomic E-state index is 0.343. The topological polar surface area (TPSA) is 26.7 Å². The number of piperazine rings is 1. The van der Waals surface area contributed by atoms with Crippen molar-refractivity contribution in [2.75, 3.05) is 26.7 Å². The van der Waals surface area contributed by atoms with E-state index < -0.39 is 0 Å². The van der Waals surface area contributed by atoms with Gasteiger partial charge in [-0.05, 0) is 38.1 Å². The van der Waals surface area contributed by atoms with Crippen LogP contribution in [0.3, 0.4) is 0 Å². The zero-order valence-corrected chi connectivity index (χ0v) is 11.6. The number of aromatic hydroxyl groups is 1. The van der Waals surface area contributed by atoms with E-state index in [-0.39, 0.29) is 0 Å². The fourth-order valence-corrected chi connectivity index (χ4v) is 2.73. The molecule has 1 fully saturated rings. The van der Waals surface area contributed by atoms with E-state index in [1.165, 1.54) is 12.0 Å². The molecule has 3 nitrogen and oxygen atoms in total. The van der Waals surface area contributed by atoms with Crippen LogP contribution in [0.2, 0.25) is 0 Å². The Morgan fingerprint density at radius 3 is 2.56 bits per heavy atom. The molecule has 1 N–H and O–H groups in total. The molecular weight excluding hydrogens is 224 g/mol. The van der Waals surface area contributed by atoms with Gasteiger partial charge in [0.25, 0.3) is 0 Å². The highest BCUT2D eigenvalue weighted by molar-refractivity contribution is 5.27. The number of benzene rings is 1. The quantitative estimate of drug-likeness (QED) is 0.890. The van der Waals surface area contributed by atoms with E-state index in [9.17, 15) is 5.11 Å². The lowest BCUT2D eigenvalue weighted by atomic mass is 10.0. The van der Waals surface area contributed by atoms with Gasteiger partial charge in [0, 0.05) is 31.7 Å². The zero-order chi connectivity index (χ0) is 13.1. The summed E-state index contributed by atoms with van der Waals surface area (Å²) in [6, 6.07) is 8.70. The number of phenolic OH excluding ortho intramolecular Hbond substituents is 1. The molecule has 1 aromatic carbocycles. The first kappa shape index (κ1) is 13.4. The van der Waals surface area contributed by atoms with Crippen LogP contribution in [0, 0.1) is 0 Å². The van der Waals surface area contributed by atoms with Crippen molar-refractivity contribution >= 4 is 0 Å². The number of hydrogen-bond acceptors (Lipinski definition) is 3. The van der Waals surface area contributed by atoms with Gasteiger partial charge < -0.3 is 10.0 Å². The van der Waals surface area contributed by atoms with Gasteiger partial charge in [-0.25, -0.2) is 0 Å². The molecule has 0 aromatic heterocycles. The maximum atomic E-state index is 9.34. The molecule has 1 aliphatic rings. The first-order valence-corrected chi connectivity index (χ1v) is 6.85. The SMILES string of the molecule is CCC1CN(C(C)c2ccc(O)cc2)CCN1C. The Labute approximate surface area is 110 Å². The molecule has 2 atom stereocenters. The van der Waals surface area contributed by atoms with Crippen molar-refractivity contribution < 1.29 is 5.11 Å². The van der Waals surface area contributed by atoms with E-state index in [0.29, 0.717) is 17.8 Å². The number of hydrogen-bond donors (Lipinski definition) is 1. The van der Waals surface area contributed by atoms with Crippen LogP contribution in [0.4, 0.5) is 0 Å². The maximum Gasteiger partial charge on any atom is 0.115 e. The number of nitrogens with zero attached hydrogens (tertiary/aromatic N) is 2. The van der Waals surface area contributed by atoms with Crippen LogP contribution in [0.15, 0.2) is 24.3 Å². The first-order valence-electron chi connectivity index (χ1n) is 6.85. The molecule has 1 aromatic rings. The summed E-state index contributed by atoms with van der Waals surface area (Å²) in [5, 5.41) is 9.34. The second kappa shape index (κ2) is 5.72. The first-order chi connectivity index (χ1) is 8.61. The fourth-order valence-electron chi connectivity index (χ4n) is 2.73. The standard InChI is InChI=1S/C15H24N2O/c1-4-14-11-17(10-9-16(14)3)12(2)13-5-7-15(18)8-6-13/h5-8,12,14,18H,4,9-11H2,1-3H3. The average Bonchev–Trinajstić information content (AvgIpc) is 2.39. The molecule has 100 valence electrons. The Morgan fingerprint density at radius 1 is 1.28 bits per heavy atom. The summed E-state index contributed by atoms with van der Waals surface area (Å²) >= 11 is 0. The third-order valence-electron chi connectivity index (χ3n) is 4.20. The molecule has 0 aliphatic carbocycles. The van der Waals surface area contributed by atoms with Gasteiger partial charge in [-0.15, -0.1) is 0 Å². The summed E-state index contributed by atoms with van der Waals surface area (Å²) in [5.41, 5.74) is 1.28. The van der Waals surface area contributed by atoms with Crippen molar-refractivity contribution in [2.45, 2.75) is 32.4 Å². The number of likely N-dealkylation sites (N-methyl/N-ethyl adjacent to an activating group) is 1. The largest absolute Gasteiger partial charge is 0.508 e. The van der Waals surface area contributed by atoms with Crippen LogP contribution >= 0.6 is 0 Å². The molecule has 18 heavy (non-hydrogen) atoms. The third kappa shape index (κ3) is 2.85. The highest BCUT2D eigenvalue weighted by atomic mass is 16.3. The summed E-state index contributed by atoms with van der Waals surface area (Å²) in [6.45, 7) is 7.91. The summed E-state index contributed by atoms with van der Waals surface area (Å²) in [7, 11) is 2.22. The minimum atomic E-state index is 0.343. The van der Waals surface area contributed by atoms with Crippen LogP contribution in [0.25, 0.3) is 0 Å². The van der Waals surface area contributed by atoms with Gasteiger partial charge in [0.05, 0.1) is 0 Å². The van der Waals surface area contributed by atoms with Gasteiger partial charge in [-0.2, -0.15) is 0 Å². The lowest BCUT2D eigenvalue weighted by Gasteiger charge is -2.42. The summed E-state index contributed by atoms with van der Waals surface area (Å²) in [6.07, 6.45) is 1.20. The van der Waals surface area contributed by atoms with Crippen molar-refractivity contribution in [3.63, 3.8) is 0 Å². The van der Waals surface area contributed by atoms with Gasteiger partial charge in [-0.3, -0.25) is 4.90 Å². The highest BCUT2D eigenvalue weighted by Gasteiger charge is 2.26. The highest BCUT2D eigenvalue weighted by Crippen LogP contribution is 2.25. The van der Waals surface area contributed by atoms with E-state index in [1.54, 1.807) is 12.1 Å². The van der Waals surface area contributed by atoms with Crippen LogP contribution in [-0.2, 0) is 0 Å². The maximum absolute atomic E-state index is 9.34. The van der Waals surface area contributed by atoms with Gasteiger partial charge in [0.1, 0.15) is 5.75 Å². The second-order valence-corrected chi connectivity index (χ2v) is 5.31. The van der Waals surface area contributed by atoms with E-state index in [0.717, 1.165) is 19.6 Å². The van der Waals surface area contributed by atoms with Crippen molar-refractivity contribution in [3.8, 4) is 5.75 Å². The van der Waals surface area contributed by atoms with Gasteiger partial charge in [0.2, 0.25) is 0 Å². The molecule has 0 spiro atoms. The zero-order valence-electron chi connectivity index (χ0n) is 11.6. The molecule has 0 amide bonds. The van der Waals surface area contributed by atoms with Crippen molar-refractivity contribution in [2.24, 2.45) is 0 Å². The molecule has 2 rings (SSSR count). The fraction of sp³-hybridized carbons (Fsp3) is 0.600. The molecule has 1 saturated heterocycles. The summed E-state index contributed by atoms with van der Waals surface area (Å²) in [4.78, 5) is 5.00. The second-order valence-electron chi connectivity index (χ2n) is 5.31. The molecule has 1 heterocycles. The monoisotopic (exact) mass is 248 g/mol. The Balaban J connectivity index is 2.05. The molecule has 0 saturated carbocycles. The lowest BCUT2D eigenvalue weighted by molar-refractivity contribution is 0.0674. The van der Waals surface area contributed by atoms with Crippen LogP contribution in [0.1, 0.15) is 31.9 Å². The summed E-state index contributed by atoms with van der Waals surface area (Å²) in [5.74, 6) is 0.343. The van der Waals surface area contributed by atoms with Gasteiger partial charge >= 0.3 is 0 Å².